The number of hydrogen-bond donors (Lipinski definition) is 0. The predicted octanol–water partition coefficient (Wildman–Crippen LogP) is 2.05. The molecule has 0 amide bonds. The van der Waals surface area contributed by atoms with Crippen molar-refractivity contribution in [3.8, 4) is 0 Å². The van der Waals surface area contributed by atoms with Gasteiger partial charge in [-0.05, 0) is 59.1 Å². The minimum absolute atomic E-state index is 0.109. The van der Waals surface area contributed by atoms with Crippen LogP contribution >= 0.6 is 0 Å². The lowest BCUT2D eigenvalue weighted by Gasteiger charge is -2.34. The molecule has 0 radical (unpaired) electrons. The van der Waals surface area contributed by atoms with E-state index in [0.29, 0.717) is 0 Å². The summed E-state index contributed by atoms with van der Waals surface area (Å²) in [5.41, 5.74) is -2.59. The topological polar surface area (TPSA) is 24.9 Å². The highest BCUT2D eigenvalue weighted by Crippen LogP contribution is 2.37. The molecule has 0 bridgehead atoms. The van der Waals surface area contributed by atoms with Gasteiger partial charge in [-0.3, -0.25) is 0 Å². The van der Waals surface area contributed by atoms with Gasteiger partial charge in [-0.1, -0.05) is 11.6 Å². The summed E-state index contributed by atoms with van der Waals surface area (Å²) < 4.78 is 126. The van der Waals surface area contributed by atoms with Crippen LogP contribution in [0.4, 0.5) is 5.69 Å². The van der Waals surface area contributed by atoms with Gasteiger partial charge < -0.3 is 19.1 Å². The molecule has 2 fully saturated rings. The van der Waals surface area contributed by atoms with Crippen molar-refractivity contribution in [1.29, 1.82) is 0 Å². The predicted molar refractivity (Wildman–Crippen MR) is 96.6 cm³/mol. The van der Waals surface area contributed by atoms with Crippen LogP contribution in [0.25, 0.3) is 0 Å². The second-order valence-electron chi connectivity index (χ2n) is 6.48. The molecule has 0 atom stereocenters. The van der Waals surface area contributed by atoms with Crippen LogP contribution < -0.4 is 10.4 Å². The molecule has 2 saturated heterocycles. The Hall–Kier alpha value is -1.04. The lowest BCUT2D eigenvalue weighted by molar-refractivity contribution is 0.00578. The molecule has 0 N–H and O–H groups in total. The van der Waals surface area contributed by atoms with Crippen molar-refractivity contribution in [3.05, 3.63) is 23.8 Å². The maximum atomic E-state index is 8.49. The molecule has 0 spiro atoms. The Morgan fingerprint density at radius 1 is 1.09 bits per heavy atom. The first-order valence-electron chi connectivity index (χ1n) is 14.2. The molecule has 1 aromatic rings. The van der Waals surface area contributed by atoms with Crippen LogP contribution in [0.2, 0.25) is 0 Å². The zero-order chi connectivity index (χ0) is 29.0. The number of aryl methyl sites for hydroxylation is 1. The van der Waals surface area contributed by atoms with Crippen LogP contribution in [0.5, 0.6) is 0 Å². The molecule has 2 heterocycles. The summed E-state index contributed by atoms with van der Waals surface area (Å²) >= 11 is 0. The average Bonchev–Trinajstić information content (AvgIpc) is 2.85. The molecule has 126 valence electrons. The Balaban J connectivity index is 2.29. The van der Waals surface area contributed by atoms with Crippen LogP contribution in [0.3, 0.4) is 0 Å². The number of hydrogen-bond acceptors (Lipinski definition) is 4. The van der Waals surface area contributed by atoms with Gasteiger partial charge in [0.05, 0.1) is 16.7 Å². The molecular weight excluding hydrogens is 287 g/mol. The van der Waals surface area contributed by atoms with Gasteiger partial charge in [-0.25, -0.2) is 0 Å². The fraction of sp³-hybridized carbons (Fsp3) is 0.667. The summed E-state index contributed by atoms with van der Waals surface area (Å²) in [7, 11) is -1.28. The highest BCUT2D eigenvalue weighted by atomic mass is 16.7. The summed E-state index contributed by atoms with van der Waals surface area (Å²) in [5, 5.41) is 0. The maximum Gasteiger partial charge on any atom is 0.495 e. The van der Waals surface area contributed by atoms with Crippen molar-refractivity contribution in [2.45, 2.75) is 45.7 Å². The van der Waals surface area contributed by atoms with Crippen molar-refractivity contribution in [2.75, 3.05) is 37.9 Å². The molecule has 4 nitrogen and oxygen atoms in total. The third kappa shape index (κ3) is 3.15. The fourth-order valence-corrected chi connectivity index (χ4v) is 2.24. The molecule has 2 aliphatic rings. The summed E-state index contributed by atoms with van der Waals surface area (Å²) in [4.78, 5) is -0.254. The van der Waals surface area contributed by atoms with Crippen LogP contribution in [0.1, 0.15) is 52.4 Å². The Bertz CT molecular complexity index is 1030. The first kappa shape index (κ1) is 6.70. The zero-order valence-electron chi connectivity index (χ0n) is 27.5. The zero-order valence-corrected chi connectivity index (χ0v) is 13.5. The molecule has 3 rings (SSSR count). The van der Waals surface area contributed by atoms with Crippen molar-refractivity contribution in [1.82, 2.24) is 4.90 Å². The number of anilines is 1. The number of piperazine rings is 1. The maximum absolute atomic E-state index is 8.49. The van der Waals surface area contributed by atoms with E-state index in [1.54, 1.807) is 27.7 Å². The van der Waals surface area contributed by atoms with Crippen LogP contribution in [-0.4, -0.2) is 56.2 Å². The lowest BCUT2D eigenvalue weighted by atomic mass is 9.76. The summed E-state index contributed by atoms with van der Waals surface area (Å²) in [6.07, 6.45) is 0. The number of rotatable bonds is 2. The van der Waals surface area contributed by atoms with Gasteiger partial charge >= 0.3 is 7.12 Å². The fourth-order valence-electron chi connectivity index (χ4n) is 2.24. The third-order valence-electron chi connectivity index (χ3n) is 4.35. The number of nitrogens with zero attached hydrogens (tertiary/aromatic N) is 2. The summed E-state index contributed by atoms with van der Waals surface area (Å²) in [6.45, 7) is -13.4. The van der Waals surface area contributed by atoms with Gasteiger partial charge in [0, 0.05) is 45.4 Å². The highest BCUT2D eigenvalue weighted by molar-refractivity contribution is 6.62. The highest BCUT2D eigenvalue weighted by Gasteiger charge is 2.52. The lowest BCUT2D eigenvalue weighted by Crippen LogP contribution is -2.45. The van der Waals surface area contributed by atoms with E-state index >= 15 is 0 Å². The van der Waals surface area contributed by atoms with Gasteiger partial charge in [-0.15, -0.1) is 0 Å². The summed E-state index contributed by atoms with van der Waals surface area (Å²) in [5.74, 6) is 0. The Morgan fingerprint density at radius 3 is 2.30 bits per heavy atom. The Morgan fingerprint density at radius 2 is 1.74 bits per heavy atom. The third-order valence-corrected chi connectivity index (χ3v) is 4.35. The first-order valence-corrected chi connectivity index (χ1v) is 7.25. The first-order chi connectivity index (χ1) is 16.1. The van der Waals surface area contributed by atoms with E-state index < -0.39 is 68.7 Å². The normalized spacial score (nSPS) is 43.1. The second kappa shape index (κ2) is 5.80. The Labute approximate surface area is 160 Å². The second-order valence-corrected chi connectivity index (χ2v) is 6.48. The van der Waals surface area contributed by atoms with E-state index in [4.69, 9.17) is 28.5 Å². The molecule has 0 unspecified atom stereocenters. The van der Waals surface area contributed by atoms with Gasteiger partial charge in [-0.2, -0.15) is 0 Å². The van der Waals surface area contributed by atoms with Crippen LogP contribution in [0.15, 0.2) is 18.2 Å². The number of benzene rings is 1. The van der Waals surface area contributed by atoms with Gasteiger partial charge in [0.1, 0.15) is 0 Å². The van der Waals surface area contributed by atoms with Crippen LogP contribution in [-0.2, 0) is 9.31 Å². The standard InChI is InChI=1S/C18H29BN2O2/c1-14-7-8-15(21-11-9-20(6)10-12-21)13-16(14)19-22-17(2,3)18(4,5)23-19/h7-8,13H,9-12H2,1-6H3/i1D3,6D3,9D2,10D2,11D2,12D2. The van der Waals surface area contributed by atoms with Crippen molar-refractivity contribution in [3.63, 3.8) is 0 Å². The molecule has 5 heteroatoms. The van der Waals surface area contributed by atoms with E-state index in [1.807, 2.05) is 0 Å². The molecular formula is C18H29BN2O2. The molecule has 0 saturated carbocycles. The van der Waals surface area contributed by atoms with Crippen LogP contribution in [0, 0.1) is 6.85 Å². The van der Waals surface area contributed by atoms with E-state index in [1.165, 1.54) is 0 Å². The molecule has 1 aromatic carbocycles. The Kier molecular flexibility index (Phi) is 1.69. The quantitative estimate of drug-likeness (QED) is 0.775. The molecule has 2 aliphatic heterocycles. The molecule has 0 aromatic heterocycles. The van der Waals surface area contributed by atoms with Gasteiger partial charge in [0.25, 0.3) is 0 Å². The van der Waals surface area contributed by atoms with Crippen molar-refractivity contribution < 1.29 is 28.5 Å². The monoisotopic (exact) mass is 330 g/mol. The minimum Gasteiger partial charge on any atom is -0.399 e. The van der Waals surface area contributed by atoms with E-state index in [2.05, 4.69) is 0 Å². The van der Waals surface area contributed by atoms with Crippen molar-refractivity contribution in [2.24, 2.45) is 0 Å². The van der Waals surface area contributed by atoms with E-state index in [0.717, 1.165) is 18.2 Å². The van der Waals surface area contributed by atoms with E-state index in [-0.39, 0.29) is 15.9 Å². The molecule has 23 heavy (non-hydrogen) atoms. The van der Waals surface area contributed by atoms with Gasteiger partial charge in [0.15, 0.2) is 0 Å². The largest absolute Gasteiger partial charge is 0.495 e. The smallest absolute Gasteiger partial charge is 0.399 e. The average molecular weight is 330 g/mol. The van der Waals surface area contributed by atoms with Crippen molar-refractivity contribution >= 4 is 18.3 Å². The number of likely N-dealkylation sites (N-methyl/N-ethyl adjacent to an activating group) is 1. The van der Waals surface area contributed by atoms with E-state index in [9.17, 15) is 0 Å². The van der Waals surface area contributed by atoms with Gasteiger partial charge in [0.2, 0.25) is 0 Å². The summed E-state index contributed by atoms with van der Waals surface area (Å²) in [6, 6.07) is 3.13. The minimum atomic E-state index is -3.57. The SMILES string of the molecule is [2H]C([2H])([2H])c1ccc(N2C([2H])([2H])C([2H])([2H])N(C([2H])([2H])[2H])C([2H])([2H])C2([2H])[2H])cc1B1OC(C)(C)C(C)(C)O1. The molecule has 0 aliphatic carbocycles.